The number of halogens is 6. The van der Waals surface area contributed by atoms with Crippen molar-refractivity contribution in [3.8, 4) is 0 Å². The molecule has 2 amide bonds. The highest BCUT2D eigenvalue weighted by atomic mass is 35.5. The van der Waals surface area contributed by atoms with Crippen LogP contribution < -0.4 is 10.6 Å². The van der Waals surface area contributed by atoms with E-state index in [4.69, 9.17) is 69.6 Å². The van der Waals surface area contributed by atoms with E-state index in [-0.39, 0.29) is 16.5 Å². The summed E-state index contributed by atoms with van der Waals surface area (Å²) in [5.74, 6) is -1.71. The van der Waals surface area contributed by atoms with Crippen molar-refractivity contribution >= 4 is 87.1 Å². The summed E-state index contributed by atoms with van der Waals surface area (Å²) < 4.78 is -1.30. The minimum Gasteiger partial charge on any atom is -0.351 e. The Morgan fingerprint density at radius 3 is 2.28 bits per heavy atom. The summed E-state index contributed by atoms with van der Waals surface area (Å²) in [5, 5.41) is 6.45. The van der Waals surface area contributed by atoms with Gasteiger partial charge in [-0.15, -0.1) is 34.8 Å². The molecule has 0 aromatic heterocycles. The predicted octanol–water partition coefficient (Wildman–Crippen LogP) is 6.14. The molecule has 0 unspecified atom stereocenters. The van der Waals surface area contributed by atoms with Crippen LogP contribution in [0.3, 0.4) is 0 Å². The van der Waals surface area contributed by atoms with Gasteiger partial charge >= 0.3 is 0 Å². The molecule has 154 valence electrons. The Kier molecular flexibility index (Phi) is 7.14. The standard InChI is InChI=1S/C19H14Cl6N2O2/c20-3-4-26-17(28)13-8-12(1-2-14(13)23)27-18(29)16-15(19(16,24)25)9-5-10(21)7-11(22)6-9/h1-2,5-8,15-16H,3-4H2,(H,26,28)(H,27,29)/t15-,16+/m0/s1. The first-order valence-corrected chi connectivity index (χ1v) is 10.9. The fourth-order valence-corrected chi connectivity index (χ4v) is 4.74. The third kappa shape index (κ3) is 5.07. The summed E-state index contributed by atoms with van der Waals surface area (Å²) in [6.45, 7) is 0.292. The molecule has 2 aromatic carbocycles. The molecule has 2 atom stereocenters. The second-order valence-electron chi connectivity index (χ2n) is 6.46. The van der Waals surface area contributed by atoms with Gasteiger partial charge in [-0.1, -0.05) is 34.8 Å². The molecular weight excluding hydrogens is 501 g/mol. The van der Waals surface area contributed by atoms with Gasteiger partial charge in [-0.3, -0.25) is 9.59 Å². The lowest BCUT2D eigenvalue weighted by molar-refractivity contribution is -0.117. The molecule has 2 aromatic rings. The molecule has 10 heteroatoms. The fourth-order valence-electron chi connectivity index (χ4n) is 3.08. The number of anilines is 1. The second kappa shape index (κ2) is 9.09. The molecule has 29 heavy (non-hydrogen) atoms. The van der Waals surface area contributed by atoms with Crippen LogP contribution in [0.15, 0.2) is 36.4 Å². The van der Waals surface area contributed by atoms with Crippen molar-refractivity contribution in [2.45, 2.75) is 10.3 Å². The second-order valence-corrected chi connectivity index (χ2v) is 9.56. The number of nitrogens with one attached hydrogen (secondary N) is 2. The minimum absolute atomic E-state index is 0.214. The number of benzene rings is 2. The summed E-state index contributed by atoms with van der Waals surface area (Å²) in [5.41, 5.74) is 1.27. The van der Waals surface area contributed by atoms with Gasteiger partial charge in [0.1, 0.15) is 4.33 Å². The van der Waals surface area contributed by atoms with Crippen LogP contribution in [0.2, 0.25) is 15.1 Å². The van der Waals surface area contributed by atoms with Gasteiger partial charge in [-0.05, 0) is 42.0 Å². The predicted molar refractivity (Wildman–Crippen MR) is 120 cm³/mol. The third-order valence-electron chi connectivity index (χ3n) is 4.44. The van der Waals surface area contributed by atoms with E-state index < -0.39 is 28.0 Å². The van der Waals surface area contributed by atoms with E-state index in [1.165, 1.54) is 12.1 Å². The van der Waals surface area contributed by atoms with E-state index in [2.05, 4.69) is 10.6 Å². The van der Waals surface area contributed by atoms with E-state index >= 15 is 0 Å². The zero-order valence-electron chi connectivity index (χ0n) is 14.6. The van der Waals surface area contributed by atoms with Crippen molar-refractivity contribution < 1.29 is 9.59 Å². The van der Waals surface area contributed by atoms with E-state index in [0.29, 0.717) is 27.8 Å². The van der Waals surface area contributed by atoms with Crippen molar-refractivity contribution in [2.75, 3.05) is 17.7 Å². The molecule has 1 aliphatic rings. The van der Waals surface area contributed by atoms with E-state index in [9.17, 15) is 9.59 Å². The first-order valence-electron chi connectivity index (χ1n) is 8.43. The van der Waals surface area contributed by atoms with Crippen LogP contribution in [0, 0.1) is 5.92 Å². The SMILES string of the molecule is O=C(NCCCl)c1cc(NC(=O)[C@H]2[C@H](c3cc(Cl)cc(Cl)c3)C2(Cl)Cl)ccc1Cl. The lowest BCUT2D eigenvalue weighted by Crippen LogP contribution is -2.26. The van der Waals surface area contributed by atoms with Crippen LogP contribution in [-0.2, 0) is 4.79 Å². The van der Waals surface area contributed by atoms with Crippen LogP contribution in [0.1, 0.15) is 21.8 Å². The lowest BCUT2D eigenvalue weighted by Gasteiger charge is -2.10. The van der Waals surface area contributed by atoms with Gasteiger partial charge in [0.15, 0.2) is 0 Å². The maximum Gasteiger partial charge on any atom is 0.252 e. The Balaban J connectivity index is 1.77. The summed E-state index contributed by atoms with van der Waals surface area (Å²) in [6.07, 6.45) is 0. The number of rotatable bonds is 6. The molecule has 0 aliphatic heterocycles. The van der Waals surface area contributed by atoms with Crippen molar-refractivity contribution in [1.29, 1.82) is 0 Å². The number of alkyl halides is 3. The Bertz CT molecular complexity index is 945. The molecule has 0 bridgehead atoms. The maximum atomic E-state index is 12.8. The molecule has 0 saturated heterocycles. The summed E-state index contributed by atoms with van der Waals surface area (Å²) >= 11 is 36.5. The van der Waals surface area contributed by atoms with Gasteiger partial charge in [0.05, 0.1) is 16.5 Å². The zero-order valence-corrected chi connectivity index (χ0v) is 19.2. The van der Waals surface area contributed by atoms with Gasteiger partial charge in [-0.25, -0.2) is 0 Å². The van der Waals surface area contributed by atoms with Gasteiger partial charge < -0.3 is 10.6 Å². The molecular formula is C19H14Cl6N2O2. The first kappa shape index (κ1) is 22.8. The van der Waals surface area contributed by atoms with Crippen molar-refractivity contribution in [3.63, 3.8) is 0 Å². The fraction of sp³-hybridized carbons (Fsp3) is 0.263. The van der Waals surface area contributed by atoms with Gasteiger partial charge in [0, 0.05) is 34.1 Å². The van der Waals surface area contributed by atoms with Gasteiger partial charge in [-0.2, -0.15) is 0 Å². The van der Waals surface area contributed by atoms with Crippen LogP contribution >= 0.6 is 69.6 Å². The summed E-state index contributed by atoms with van der Waals surface area (Å²) in [4.78, 5) is 25.0. The highest BCUT2D eigenvalue weighted by Crippen LogP contribution is 2.65. The highest BCUT2D eigenvalue weighted by molar-refractivity contribution is 6.53. The quantitative estimate of drug-likeness (QED) is 0.455. The molecule has 1 saturated carbocycles. The molecule has 2 N–H and O–H groups in total. The number of carbonyl (C=O) groups excluding carboxylic acids is 2. The van der Waals surface area contributed by atoms with Gasteiger partial charge in [0.2, 0.25) is 5.91 Å². The topological polar surface area (TPSA) is 58.2 Å². The Morgan fingerprint density at radius 2 is 1.66 bits per heavy atom. The molecule has 4 nitrogen and oxygen atoms in total. The largest absolute Gasteiger partial charge is 0.351 e. The average molecular weight is 515 g/mol. The molecule has 0 radical (unpaired) electrons. The van der Waals surface area contributed by atoms with E-state index in [1.807, 2.05) is 0 Å². The van der Waals surface area contributed by atoms with E-state index in [0.717, 1.165) is 0 Å². The van der Waals surface area contributed by atoms with Crippen LogP contribution in [0.5, 0.6) is 0 Å². The minimum atomic E-state index is -1.30. The Labute approximate surface area is 197 Å². The number of carbonyl (C=O) groups is 2. The number of amides is 2. The normalized spacial score (nSPS) is 19.5. The molecule has 3 rings (SSSR count). The zero-order chi connectivity index (χ0) is 21.3. The van der Waals surface area contributed by atoms with Crippen LogP contribution in [-0.4, -0.2) is 28.6 Å². The van der Waals surface area contributed by atoms with Crippen LogP contribution in [0.4, 0.5) is 5.69 Å². The highest BCUT2D eigenvalue weighted by Gasteiger charge is 2.67. The molecule has 1 fully saturated rings. The van der Waals surface area contributed by atoms with Crippen molar-refractivity contribution in [1.82, 2.24) is 5.32 Å². The third-order valence-corrected chi connectivity index (χ3v) is 6.33. The maximum absolute atomic E-state index is 12.8. The Hall–Kier alpha value is -0.880. The molecule has 0 spiro atoms. The van der Waals surface area contributed by atoms with Crippen molar-refractivity contribution in [3.05, 3.63) is 62.6 Å². The Morgan fingerprint density at radius 1 is 1.00 bits per heavy atom. The molecule has 1 aliphatic carbocycles. The van der Waals surface area contributed by atoms with Crippen molar-refractivity contribution in [2.24, 2.45) is 5.92 Å². The number of hydrogen-bond acceptors (Lipinski definition) is 2. The van der Waals surface area contributed by atoms with Gasteiger partial charge in [0.25, 0.3) is 5.91 Å². The monoisotopic (exact) mass is 512 g/mol. The average Bonchev–Trinajstić information content (AvgIpc) is 3.22. The summed E-state index contributed by atoms with van der Waals surface area (Å²) in [7, 11) is 0. The van der Waals surface area contributed by atoms with Crippen LogP contribution in [0.25, 0.3) is 0 Å². The molecule has 0 heterocycles. The van der Waals surface area contributed by atoms with E-state index in [1.54, 1.807) is 24.3 Å². The number of hydrogen-bond donors (Lipinski definition) is 2. The first-order chi connectivity index (χ1) is 13.6. The summed E-state index contributed by atoms with van der Waals surface area (Å²) in [6, 6.07) is 9.50. The lowest BCUT2D eigenvalue weighted by atomic mass is 10.1. The smallest absolute Gasteiger partial charge is 0.252 e.